The normalized spacial score (nSPS) is 29.7. The fourth-order valence-electron chi connectivity index (χ4n) is 2.41. The zero-order valence-electron chi connectivity index (χ0n) is 8.99. The van der Waals surface area contributed by atoms with Crippen LogP contribution in [0.5, 0.6) is 0 Å². The largest absolute Gasteiger partial charge is 0.384 e. The van der Waals surface area contributed by atoms with E-state index in [9.17, 15) is 9.50 Å². The fourth-order valence-corrected chi connectivity index (χ4v) is 2.41. The number of halogens is 1. The Hall–Kier alpha value is -1.40. The van der Waals surface area contributed by atoms with Crippen molar-refractivity contribution in [3.8, 4) is 6.07 Å². The number of benzene rings is 1. The number of aliphatic hydroxyl groups is 1. The lowest BCUT2D eigenvalue weighted by Gasteiger charge is -2.36. The van der Waals surface area contributed by atoms with E-state index in [0.29, 0.717) is 18.4 Å². The van der Waals surface area contributed by atoms with Crippen LogP contribution in [0.15, 0.2) is 24.3 Å². The maximum absolute atomic E-state index is 12.8. The molecule has 2 atom stereocenters. The molecule has 0 amide bonds. The van der Waals surface area contributed by atoms with Gasteiger partial charge in [0.1, 0.15) is 11.4 Å². The molecule has 1 aliphatic carbocycles. The van der Waals surface area contributed by atoms with Gasteiger partial charge in [-0.2, -0.15) is 5.26 Å². The van der Waals surface area contributed by atoms with E-state index in [1.165, 1.54) is 12.1 Å². The first-order valence-corrected chi connectivity index (χ1v) is 5.55. The first-order chi connectivity index (χ1) is 7.66. The lowest BCUT2D eigenvalue weighted by molar-refractivity contribution is -0.0324. The van der Waals surface area contributed by atoms with E-state index < -0.39 is 5.60 Å². The molecule has 1 saturated carbocycles. The molecule has 1 aliphatic rings. The van der Waals surface area contributed by atoms with Crippen LogP contribution in [0.4, 0.5) is 4.39 Å². The summed E-state index contributed by atoms with van der Waals surface area (Å²) in [5, 5.41) is 19.6. The number of hydrogen-bond donors (Lipinski definition) is 1. The van der Waals surface area contributed by atoms with E-state index in [2.05, 4.69) is 6.07 Å². The highest BCUT2D eigenvalue weighted by Gasteiger charge is 2.40. The van der Waals surface area contributed by atoms with Gasteiger partial charge >= 0.3 is 0 Å². The molecule has 2 unspecified atom stereocenters. The molecule has 1 aromatic rings. The molecule has 0 radical (unpaired) electrons. The van der Waals surface area contributed by atoms with Gasteiger partial charge in [0.25, 0.3) is 0 Å². The van der Waals surface area contributed by atoms with Gasteiger partial charge in [-0.3, -0.25) is 0 Å². The van der Waals surface area contributed by atoms with Crippen LogP contribution in [0.25, 0.3) is 0 Å². The molecule has 0 saturated heterocycles. The topological polar surface area (TPSA) is 44.0 Å². The predicted octanol–water partition coefficient (Wildman–Crippen LogP) is 2.73. The highest BCUT2D eigenvalue weighted by atomic mass is 19.1. The summed E-state index contributed by atoms with van der Waals surface area (Å²) in [6, 6.07) is 7.97. The van der Waals surface area contributed by atoms with Gasteiger partial charge in [-0.25, -0.2) is 4.39 Å². The Morgan fingerprint density at radius 1 is 1.31 bits per heavy atom. The standard InChI is InChI=1S/C13H14FNO/c14-12-6-4-10(5-7-12)13(16)8-2-1-3-11(13)9-15/h4-7,11,16H,1-3,8H2. The van der Waals surface area contributed by atoms with Crippen molar-refractivity contribution < 1.29 is 9.50 Å². The SMILES string of the molecule is N#CC1CCCCC1(O)c1ccc(F)cc1. The highest BCUT2D eigenvalue weighted by molar-refractivity contribution is 5.26. The molecular formula is C13H14FNO. The first kappa shape index (κ1) is 11.1. The molecule has 16 heavy (non-hydrogen) atoms. The molecule has 84 valence electrons. The Kier molecular flexibility index (Phi) is 2.93. The van der Waals surface area contributed by atoms with Gasteiger partial charge in [0.2, 0.25) is 0 Å². The van der Waals surface area contributed by atoms with Crippen LogP contribution in [0.2, 0.25) is 0 Å². The summed E-state index contributed by atoms with van der Waals surface area (Å²) in [4.78, 5) is 0. The summed E-state index contributed by atoms with van der Waals surface area (Å²) in [6.45, 7) is 0. The third-order valence-electron chi connectivity index (χ3n) is 3.38. The summed E-state index contributed by atoms with van der Waals surface area (Å²) < 4.78 is 12.8. The minimum atomic E-state index is -1.10. The fraction of sp³-hybridized carbons (Fsp3) is 0.462. The van der Waals surface area contributed by atoms with Crippen molar-refractivity contribution in [2.45, 2.75) is 31.3 Å². The van der Waals surface area contributed by atoms with Crippen LogP contribution < -0.4 is 0 Å². The van der Waals surface area contributed by atoms with Gasteiger partial charge in [-0.05, 0) is 30.5 Å². The van der Waals surface area contributed by atoms with Crippen molar-refractivity contribution in [1.29, 1.82) is 5.26 Å². The minimum Gasteiger partial charge on any atom is -0.384 e. The van der Waals surface area contributed by atoms with Crippen LogP contribution in [-0.4, -0.2) is 5.11 Å². The molecule has 1 aromatic carbocycles. The first-order valence-electron chi connectivity index (χ1n) is 5.55. The molecule has 0 aliphatic heterocycles. The molecule has 0 heterocycles. The third kappa shape index (κ3) is 1.81. The van der Waals surface area contributed by atoms with E-state index in [1.54, 1.807) is 12.1 Å². The average molecular weight is 219 g/mol. The van der Waals surface area contributed by atoms with Gasteiger partial charge in [-0.15, -0.1) is 0 Å². The van der Waals surface area contributed by atoms with Crippen molar-refractivity contribution in [3.05, 3.63) is 35.6 Å². The molecule has 0 bridgehead atoms. The molecule has 1 fully saturated rings. The van der Waals surface area contributed by atoms with Gasteiger partial charge in [0.15, 0.2) is 0 Å². The maximum atomic E-state index is 12.8. The van der Waals surface area contributed by atoms with E-state index >= 15 is 0 Å². The monoisotopic (exact) mass is 219 g/mol. The smallest absolute Gasteiger partial charge is 0.123 e. The molecule has 1 N–H and O–H groups in total. The zero-order chi connectivity index (χ0) is 11.6. The minimum absolute atomic E-state index is 0.323. The van der Waals surface area contributed by atoms with Crippen molar-refractivity contribution >= 4 is 0 Å². The van der Waals surface area contributed by atoms with Crippen molar-refractivity contribution in [3.63, 3.8) is 0 Å². The van der Waals surface area contributed by atoms with Crippen molar-refractivity contribution in [2.24, 2.45) is 5.92 Å². The lowest BCUT2D eigenvalue weighted by atomic mass is 9.72. The summed E-state index contributed by atoms with van der Waals surface area (Å²) in [5.74, 6) is -0.705. The summed E-state index contributed by atoms with van der Waals surface area (Å²) >= 11 is 0. The van der Waals surface area contributed by atoms with Gasteiger partial charge in [0, 0.05) is 0 Å². The number of hydrogen-bond acceptors (Lipinski definition) is 2. The van der Waals surface area contributed by atoms with Crippen LogP contribution in [0.3, 0.4) is 0 Å². The number of nitrogens with zero attached hydrogens (tertiary/aromatic N) is 1. The van der Waals surface area contributed by atoms with Crippen LogP contribution >= 0.6 is 0 Å². The van der Waals surface area contributed by atoms with Crippen LogP contribution in [0, 0.1) is 23.1 Å². The predicted molar refractivity (Wildman–Crippen MR) is 57.9 cm³/mol. The number of nitriles is 1. The quantitative estimate of drug-likeness (QED) is 0.789. The van der Waals surface area contributed by atoms with Gasteiger partial charge in [-0.1, -0.05) is 25.0 Å². The van der Waals surface area contributed by atoms with Crippen LogP contribution in [0.1, 0.15) is 31.2 Å². The second-order valence-corrected chi connectivity index (χ2v) is 4.36. The Balaban J connectivity index is 2.35. The molecule has 3 heteroatoms. The second-order valence-electron chi connectivity index (χ2n) is 4.36. The van der Waals surface area contributed by atoms with E-state index in [4.69, 9.17) is 5.26 Å². The molecule has 2 nitrogen and oxygen atoms in total. The zero-order valence-corrected chi connectivity index (χ0v) is 8.99. The van der Waals surface area contributed by atoms with E-state index in [0.717, 1.165) is 12.8 Å². The molecule has 0 spiro atoms. The lowest BCUT2D eigenvalue weighted by Crippen LogP contribution is -2.37. The highest BCUT2D eigenvalue weighted by Crippen LogP contribution is 2.41. The van der Waals surface area contributed by atoms with Crippen molar-refractivity contribution in [2.75, 3.05) is 0 Å². The van der Waals surface area contributed by atoms with E-state index in [1.807, 2.05) is 0 Å². The van der Waals surface area contributed by atoms with Crippen molar-refractivity contribution in [1.82, 2.24) is 0 Å². The Morgan fingerprint density at radius 2 is 2.00 bits per heavy atom. The molecule has 2 rings (SSSR count). The van der Waals surface area contributed by atoms with E-state index in [-0.39, 0.29) is 11.7 Å². The summed E-state index contributed by atoms with van der Waals surface area (Å²) in [6.07, 6.45) is 3.18. The summed E-state index contributed by atoms with van der Waals surface area (Å²) in [5.41, 5.74) is -0.444. The Morgan fingerprint density at radius 3 is 2.62 bits per heavy atom. The van der Waals surface area contributed by atoms with Gasteiger partial charge < -0.3 is 5.11 Å². The average Bonchev–Trinajstić information content (AvgIpc) is 2.30. The number of rotatable bonds is 1. The molecule has 0 aromatic heterocycles. The maximum Gasteiger partial charge on any atom is 0.123 e. The summed E-state index contributed by atoms with van der Waals surface area (Å²) in [7, 11) is 0. The molecular weight excluding hydrogens is 205 g/mol. The Bertz CT molecular complexity index is 409. The van der Waals surface area contributed by atoms with Crippen LogP contribution in [-0.2, 0) is 5.60 Å². The Labute approximate surface area is 94.3 Å². The second kappa shape index (κ2) is 4.23. The van der Waals surface area contributed by atoms with Gasteiger partial charge in [0.05, 0.1) is 12.0 Å². The third-order valence-corrected chi connectivity index (χ3v) is 3.38.